The third kappa shape index (κ3) is 1.75. The minimum atomic E-state index is 0. The molecule has 0 saturated carbocycles. The largest absolute Gasteiger partial charge is 0.472 e. The molecule has 3 heterocycles. The van der Waals surface area contributed by atoms with Crippen LogP contribution in [-0.4, -0.2) is 23.2 Å². The molecule has 15 heavy (non-hydrogen) atoms. The van der Waals surface area contributed by atoms with Crippen molar-refractivity contribution in [2.24, 2.45) is 0 Å². The SMILES string of the molecule is Cl.c1cc(-c2nc(C3CNC3)no2)co1. The molecule has 0 atom stereocenters. The molecule has 0 aromatic carbocycles. The Bertz CT molecular complexity index is 422. The van der Waals surface area contributed by atoms with Crippen LogP contribution in [-0.2, 0) is 0 Å². The third-order valence-corrected chi connectivity index (χ3v) is 2.36. The first-order valence-corrected chi connectivity index (χ1v) is 4.50. The molecule has 0 spiro atoms. The fraction of sp³-hybridized carbons (Fsp3) is 0.333. The molecule has 1 N–H and O–H groups in total. The highest BCUT2D eigenvalue weighted by Gasteiger charge is 2.24. The maximum Gasteiger partial charge on any atom is 0.261 e. The summed E-state index contributed by atoms with van der Waals surface area (Å²) in [5, 5.41) is 7.09. The van der Waals surface area contributed by atoms with Gasteiger partial charge in [0.05, 0.1) is 11.8 Å². The Balaban J connectivity index is 0.000000853. The van der Waals surface area contributed by atoms with Gasteiger partial charge in [0.2, 0.25) is 0 Å². The van der Waals surface area contributed by atoms with E-state index < -0.39 is 0 Å². The van der Waals surface area contributed by atoms with Gasteiger partial charge < -0.3 is 14.3 Å². The maximum atomic E-state index is 5.12. The van der Waals surface area contributed by atoms with Gasteiger partial charge in [0.1, 0.15) is 6.26 Å². The summed E-state index contributed by atoms with van der Waals surface area (Å²) < 4.78 is 10.1. The second-order valence-corrected chi connectivity index (χ2v) is 3.32. The topological polar surface area (TPSA) is 64.1 Å². The number of nitrogens with zero attached hydrogens (tertiary/aromatic N) is 2. The summed E-state index contributed by atoms with van der Waals surface area (Å²) in [6.07, 6.45) is 3.18. The molecular formula is C9H10ClN3O2. The summed E-state index contributed by atoms with van der Waals surface area (Å²) in [6.45, 7) is 1.87. The van der Waals surface area contributed by atoms with Gasteiger partial charge in [-0.05, 0) is 6.07 Å². The molecule has 0 aliphatic carbocycles. The molecule has 0 radical (unpaired) electrons. The highest BCUT2D eigenvalue weighted by molar-refractivity contribution is 5.85. The Labute approximate surface area is 92.3 Å². The Morgan fingerprint density at radius 3 is 2.87 bits per heavy atom. The van der Waals surface area contributed by atoms with E-state index in [4.69, 9.17) is 8.94 Å². The average Bonchev–Trinajstić information content (AvgIpc) is 2.65. The van der Waals surface area contributed by atoms with E-state index in [1.54, 1.807) is 18.6 Å². The van der Waals surface area contributed by atoms with Gasteiger partial charge in [-0.3, -0.25) is 0 Å². The molecule has 6 heteroatoms. The highest BCUT2D eigenvalue weighted by Crippen LogP contribution is 2.22. The van der Waals surface area contributed by atoms with E-state index in [1.807, 2.05) is 0 Å². The monoisotopic (exact) mass is 227 g/mol. The first-order chi connectivity index (χ1) is 6.93. The van der Waals surface area contributed by atoms with Crippen molar-refractivity contribution < 1.29 is 8.94 Å². The van der Waals surface area contributed by atoms with Gasteiger partial charge in [-0.15, -0.1) is 12.4 Å². The van der Waals surface area contributed by atoms with Crippen LogP contribution in [0.2, 0.25) is 0 Å². The first kappa shape index (κ1) is 10.2. The molecule has 5 nitrogen and oxygen atoms in total. The van der Waals surface area contributed by atoms with Crippen molar-refractivity contribution >= 4 is 12.4 Å². The van der Waals surface area contributed by atoms with Crippen molar-refractivity contribution in [2.75, 3.05) is 13.1 Å². The van der Waals surface area contributed by atoms with Gasteiger partial charge >= 0.3 is 0 Å². The zero-order valence-electron chi connectivity index (χ0n) is 7.84. The Kier molecular flexibility index (Phi) is 2.75. The van der Waals surface area contributed by atoms with Gasteiger partial charge in [0.15, 0.2) is 5.82 Å². The number of halogens is 1. The van der Waals surface area contributed by atoms with Gasteiger partial charge in [-0.25, -0.2) is 0 Å². The van der Waals surface area contributed by atoms with Gasteiger partial charge in [-0.1, -0.05) is 5.16 Å². The molecule has 2 aromatic heterocycles. The first-order valence-electron chi connectivity index (χ1n) is 4.50. The number of rotatable bonds is 2. The fourth-order valence-electron chi connectivity index (χ4n) is 1.38. The van der Waals surface area contributed by atoms with E-state index >= 15 is 0 Å². The van der Waals surface area contributed by atoms with Crippen LogP contribution in [0.1, 0.15) is 11.7 Å². The van der Waals surface area contributed by atoms with Crippen LogP contribution >= 0.6 is 12.4 Å². The summed E-state index contributed by atoms with van der Waals surface area (Å²) >= 11 is 0. The van der Waals surface area contributed by atoms with Crippen LogP contribution in [0.5, 0.6) is 0 Å². The molecule has 0 bridgehead atoms. The Hall–Kier alpha value is -1.33. The zero-order chi connectivity index (χ0) is 9.38. The standard InChI is InChI=1S/C9H9N3O2.ClH/c1-2-13-5-6(1)9-11-8(12-14-9)7-3-10-4-7;/h1-2,5,7,10H,3-4H2;1H. The summed E-state index contributed by atoms with van der Waals surface area (Å²) in [4.78, 5) is 4.30. The van der Waals surface area contributed by atoms with Crippen molar-refractivity contribution in [1.82, 2.24) is 15.5 Å². The number of furan rings is 1. The van der Waals surface area contributed by atoms with Crippen molar-refractivity contribution in [3.63, 3.8) is 0 Å². The second-order valence-electron chi connectivity index (χ2n) is 3.32. The van der Waals surface area contributed by atoms with Crippen molar-refractivity contribution in [2.45, 2.75) is 5.92 Å². The lowest BCUT2D eigenvalue weighted by Crippen LogP contribution is -2.40. The molecule has 0 amide bonds. The normalized spacial score (nSPS) is 15.7. The quantitative estimate of drug-likeness (QED) is 0.841. The molecular weight excluding hydrogens is 218 g/mol. The van der Waals surface area contributed by atoms with Crippen molar-refractivity contribution in [1.29, 1.82) is 0 Å². The molecule has 2 aromatic rings. The molecule has 3 rings (SSSR count). The lowest BCUT2D eigenvalue weighted by molar-refractivity contribution is 0.382. The Morgan fingerprint density at radius 2 is 2.27 bits per heavy atom. The smallest absolute Gasteiger partial charge is 0.261 e. The van der Waals surface area contributed by atoms with Gasteiger partial charge in [0.25, 0.3) is 5.89 Å². The summed E-state index contributed by atoms with van der Waals surface area (Å²) in [5.74, 6) is 1.71. The Morgan fingerprint density at radius 1 is 1.40 bits per heavy atom. The zero-order valence-corrected chi connectivity index (χ0v) is 8.66. The molecule has 80 valence electrons. The lowest BCUT2D eigenvalue weighted by Gasteiger charge is -2.23. The number of hydrogen-bond donors (Lipinski definition) is 1. The van der Waals surface area contributed by atoms with E-state index in [0.717, 1.165) is 24.5 Å². The summed E-state index contributed by atoms with van der Waals surface area (Å²) in [6, 6.07) is 1.80. The van der Waals surface area contributed by atoms with Crippen molar-refractivity contribution in [3.8, 4) is 11.5 Å². The number of hydrogen-bond acceptors (Lipinski definition) is 5. The second kappa shape index (κ2) is 4.04. The van der Waals surface area contributed by atoms with Crippen LogP contribution in [0.3, 0.4) is 0 Å². The summed E-state index contributed by atoms with van der Waals surface area (Å²) in [5.41, 5.74) is 0.830. The molecule has 1 fully saturated rings. The van der Waals surface area contributed by atoms with E-state index in [-0.39, 0.29) is 12.4 Å². The predicted molar refractivity (Wildman–Crippen MR) is 54.9 cm³/mol. The van der Waals surface area contributed by atoms with Crippen LogP contribution in [0.15, 0.2) is 27.5 Å². The predicted octanol–water partition coefficient (Wildman–Crippen LogP) is 1.44. The minimum Gasteiger partial charge on any atom is -0.472 e. The van der Waals surface area contributed by atoms with Gasteiger partial charge in [-0.2, -0.15) is 4.98 Å². The number of aromatic nitrogens is 2. The van der Waals surface area contributed by atoms with E-state index in [1.165, 1.54) is 0 Å². The molecule has 1 aliphatic heterocycles. The summed E-state index contributed by atoms with van der Waals surface area (Å²) in [7, 11) is 0. The average molecular weight is 228 g/mol. The van der Waals surface area contributed by atoms with Crippen LogP contribution in [0, 0.1) is 0 Å². The van der Waals surface area contributed by atoms with E-state index in [2.05, 4.69) is 15.5 Å². The molecule has 1 aliphatic rings. The highest BCUT2D eigenvalue weighted by atomic mass is 35.5. The number of nitrogens with one attached hydrogen (secondary N) is 1. The minimum absolute atomic E-state index is 0. The van der Waals surface area contributed by atoms with Crippen molar-refractivity contribution in [3.05, 3.63) is 24.4 Å². The molecule has 0 unspecified atom stereocenters. The van der Waals surface area contributed by atoms with Gasteiger partial charge in [0, 0.05) is 19.0 Å². The molecule has 1 saturated heterocycles. The lowest BCUT2D eigenvalue weighted by atomic mass is 10.0. The third-order valence-electron chi connectivity index (χ3n) is 2.36. The van der Waals surface area contributed by atoms with E-state index in [9.17, 15) is 0 Å². The van der Waals surface area contributed by atoms with Crippen LogP contribution < -0.4 is 5.32 Å². The van der Waals surface area contributed by atoms with Crippen LogP contribution in [0.4, 0.5) is 0 Å². The fourth-order valence-corrected chi connectivity index (χ4v) is 1.38. The van der Waals surface area contributed by atoms with Crippen LogP contribution in [0.25, 0.3) is 11.5 Å². The maximum absolute atomic E-state index is 5.12. The van der Waals surface area contributed by atoms with E-state index in [0.29, 0.717) is 11.8 Å².